The maximum absolute atomic E-state index is 12.5. The van der Waals surface area contributed by atoms with Gasteiger partial charge >= 0.3 is 0 Å². The van der Waals surface area contributed by atoms with Crippen molar-refractivity contribution < 1.29 is 27.6 Å². The molecule has 7 nitrogen and oxygen atoms in total. The molecule has 0 amide bonds. The molecule has 5 rings (SSSR count). The molecule has 2 aliphatic rings. The minimum Gasteiger partial charge on any atom is -0.289 e. The Morgan fingerprint density at radius 1 is 0.600 bits per heavy atom. The Labute approximate surface area is 201 Å². The van der Waals surface area contributed by atoms with Gasteiger partial charge in [0.05, 0.1) is 4.90 Å². The number of hydrogen-bond acceptors (Lipinski definition) is 6. The topological polar surface area (TPSA) is 128 Å². The molecule has 0 fully saturated rings. The van der Waals surface area contributed by atoms with Crippen LogP contribution in [0, 0.1) is 0 Å². The van der Waals surface area contributed by atoms with Crippen molar-refractivity contribution in [2.75, 3.05) is 0 Å². The van der Waals surface area contributed by atoms with Crippen molar-refractivity contribution in [2.45, 2.75) is 11.3 Å². The van der Waals surface area contributed by atoms with Crippen molar-refractivity contribution in [3.8, 4) is 0 Å². The molecule has 0 aliphatic heterocycles. The molecule has 0 atom stereocenters. The SMILES string of the molecule is NS(=O)(=O)c1ccc(CC2=CC(=O)c3ccccc3C2=O)cc1.O=C1C=CC(=O)c2ccccc21. The third kappa shape index (κ3) is 5.13. The summed E-state index contributed by atoms with van der Waals surface area (Å²) in [4.78, 5) is 46.9. The van der Waals surface area contributed by atoms with Crippen LogP contribution in [0.4, 0.5) is 0 Å². The summed E-state index contributed by atoms with van der Waals surface area (Å²) in [7, 11) is -3.75. The summed E-state index contributed by atoms with van der Waals surface area (Å²) in [6.45, 7) is 0. The summed E-state index contributed by atoms with van der Waals surface area (Å²) in [5, 5.41) is 5.05. The molecule has 2 aliphatic carbocycles. The lowest BCUT2D eigenvalue weighted by Gasteiger charge is -2.15. The number of Topliss-reactive ketones (excluding diaryl/α,β-unsaturated/α-hetero) is 1. The number of rotatable bonds is 3. The Bertz CT molecular complexity index is 1510. The van der Waals surface area contributed by atoms with E-state index in [1.54, 1.807) is 60.7 Å². The highest BCUT2D eigenvalue weighted by molar-refractivity contribution is 7.89. The number of benzene rings is 3. The monoisotopic (exact) mass is 485 g/mol. The number of ketones is 4. The molecule has 3 aromatic rings. The van der Waals surface area contributed by atoms with Crippen LogP contribution in [0.25, 0.3) is 0 Å². The van der Waals surface area contributed by atoms with E-state index in [1.165, 1.54) is 30.4 Å². The molecule has 0 aromatic heterocycles. The molecule has 0 heterocycles. The van der Waals surface area contributed by atoms with Gasteiger partial charge in [-0.3, -0.25) is 19.2 Å². The van der Waals surface area contributed by atoms with Crippen LogP contribution in [-0.2, 0) is 16.4 Å². The highest BCUT2D eigenvalue weighted by Gasteiger charge is 2.25. The number of allylic oxidation sites excluding steroid dienone is 4. The fraction of sp³-hybridized carbons (Fsp3) is 0.0370. The summed E-state index contributed by atoms with van der Waals surface area (Å²) in [5.74, 6) is -0.567. The molecule has 0 saturated heterocycles. The third-order valence-electron chi connectivity index (χ3n) is 5.52. The van der Waals surface area contributed by atoms with E-state index in [9.17, 15) is 27.6 Å². The molecule has 0 spiro atoms. The smallest absolute Gasteiger partial charge is 0.238 e. The average Bonchev–Trinajstić information content (AvgIpc) is 2.85. The first-order chi connectivity index (χ1) is 16.6. The number of fused-ring (bicyclic) bond motifs is 2. The first kappa shape index (κ1) is 23.9. The molecule has 0 unspecified atom stereocenters. The van der Waals surface area contributed by atoms with Gasteiger partial charge in [-0.25, -0.2) is 13.6 Å². The van der Waals surface area contributed by atoms with Gasteiger partial charge < -0.3 is 0 Å². The Hall–Kier alpha value is -4.27. The quantitative estimate of drug-likeness (QED) is 0.605. The third-order valence-corrected chi connectivity index (χ3v) is 6.45. The van der Waals surface area contributed by atoms with Crippen LogP contribution < -0.4 is 5.14 Å². The van der Waals surface area contributed by atoms with Gasteiger partial charge in [-0.1, -0.05) is 60.7 Å². The van der Waals surface area contributed by atoms with Crippen LogP contribution in [0.2, 0.25) is 0 Å². The predicted molar refractivity (Wildman–Crippen MR) is 129 cm³/mol. The van der Waals surface area contributed by atoms with Crippen LogP contribution in [0.1, 0.15) is 47.0 Å². The molecule has 0 radical (unpaired) electrons. The number of nitrogens with two attached hydrogens (primary N) is 1. The van der Waals surface area contributed by atoms with E-state index < -0.39 is 10.0 Å². The molecule has 35 heavy (non-hydrogen) atoms. The van der Waals surface area contributed by atoms with Gasteiger partial charge in [-0.05, 0) is 35.9 Å². The standard InChI is InChI=1S/C17H13NO4S.C10H6O2/c18-23(21,22)13-7-5-11(6-8-13)9-12-10-16(19)14-3-1-2-4-15(14)17(12)20;11-9-5-6-10(12)8-4-2-1-3-7(8)9/h1-8,10H,9H2,(H2,18,21,22);1-6H. The van der Waals surface area contributed by atoms with Gasteiger partial charge in [0.1, 0.15) is 0 Å². The zero-order valence-electron chi connectivity index (χ0n) is 18.3. The Morgan fingerprint density at radius 3 is 1.54 bits per heavy atom. The fourth-order valence-corrected chi connectivity index (χ4v) is 4.28. The lowest BCUT2D eigenvalue weighted by atomic mass is 9.87. The van der Waals surface area contributed by atoms with Crippen molar-refractivity contribution in [1.82, 2.24) is 0 Å². The van der Waals surface area contributed by atoms with E-state index in [2.05, 4.69) is 0 Å². The Balaban J connectivity index is 0.000000201. The lowest BCUT2D eigenvalue weighted by molar-refractivity contribution is 0.0982. The molecular weight excluding hydrogens is 466 g/mol. The second kappa shape index (κ2) is 9.54. The summed E-state index contributed by atoms with van der Waals surface area (Å²) in [6.07, 6.45) is 4.22. The van der Waals surface area contributed by atoms with Crippen molar-refractivity contribution in [3.05, 3.63) is 124 Å². The summed E-state index contributed by atoms with van der Waals surface area (Å²) in [6, 6.07) is 19.5. The highest BCUT2D eigenvalue weighted by atomic mass is 32.2. The van der Waals surface area contributed by atoms with Crippen LogP contribution in [-0.4, -0.2) is 31.6 Å². The van der Waals surface area contributed by atoms with Crippen LogP contribution >= 0.6 is 0 Å². The Morgan fingerprint density at radius 2 is 1.06 bits per heavy atom. The first-order valence-electron chi connectivity index (χ1n) is 10.5. The molecule has 174 valence electrons. The van der Waals surface area contributed by atoms with E-state index in [0.29, 0.717) is 27.8 Å². The second-order valence-electron chi connectivity index (χ2n) is 7.88. The normalized spacial score (nSPS) is 14.5. The van der Waals surface area contributed by atoms with Gasteiger partial charge in [-0.15, -0.1) is 0 Å². The highest BCUT2D eigenvalue weighted by Crippen LogP contribution is 2.24. The van der Waals surface area contributed by atoms with E-state index in [4.69, 9.17) is 5.14 Å². The van der Waals surface area contributed by atoms with E-state index in [0.717, 1.165) is 5.56 Å². The van der Waals surface area contributed by atoms with Crippen molar-refractivity contribution >= 4 is 33.2 Å². The molecular formula is C27H19NO6S. The molecule has 3 aromatic carbocycles. The number of sulfonamides is 1. The van der Waals surface area contributed by atoms with Gasteiger partial charge in [0, 0.05) is 34.2 Å². The lowest BCUT2D eigenvalue weighted by Crippen LogP contribution is -2.18. The van der Waals surface area contributed by atoms with Gasteiger partial charge in [0.25, 0.3) is 0 Å². The largest absolute Gasteiger partial charge is 0.289 e. The first-order valence-corrected chi connectivity index (χ1v) is 12.1. The van der Waals surface area contributed by atoms with Crippen molar-refractivity contribution in [1.29, 1.82) is 0 Å². The molecule has 0 saturated carbocycles. The molecule has 2 N–H and O–H groups in total. The maximum atomic E-state index is 12.5. The van der Waals surface area contributed by atoms with Gasteiger partial charge in [0.15, 0.2) is 23.1 Å². The summed E-state index contributed by atoms with van der Waals surface area (Å²) < 4.78 is 22.5. The minimum atomic E-state index is -3.75. The van der Waals surface area contributed by atoms with E-state index >= 15 is 0 Å². The van der Waals surface area contributed by atoms with Gasteiger partial charge in [-0.2, -0.15) is 0 Å². The summed E-state index contributed by atoms with van der Waals surface area (Å²) >= 11 is 0. The van der Waals surface area contributed by atoms with Crippen molar-refractivity contribution in [3.63, 3.8) is 0 Å². The fourth-order valence-electron chi connectivity index (χ4n) is 3.76. The van der Waals surface area contributed by atoms with Gasteiger partial charge in [0.2, 0.25) is 10.0 Å². The molecule has 0 bridgehead atoms. The number of carbonyl (C=O) groups excluding carboxylic acids is 4. The maximum Gasteiger partial charge on any atom is 0.238 e. The zero-order valence-corrected chi connectivity index (χ0v) is 19.1. The number of hydrogen-bond donors (Lipinski definition) is 1. The van der Waals surface area contributed by atoms with Crippen molar-refractivity contribution in [2.24, 2.45) is 5.14 Å². The van der Waals surface area contributed by atoms with E-state index in [-0.39, 0.29) is 34.4 Å². The average molecular weight is 486 g/mol. The van der Waals surface area contributed by atoms with Crippen LogP contribution in [0.15, 0.2) is 101 Å². The Kier molecular flexibility index (Phi) is 6.50. The number of carbonyl (C=O) groups is 4. The van der Waals surface area contributed by atoms with E-state index in [1.807, 2.05) is 0 Å². The van der Waals surface area contributed by atoms with Crippen LogP contribution in [0.3, 0.4) is 0 Å². The number of primary sulfonamides is 1. The minimum absolute atomic E-state index is 0.00613. The molecule has 8 heteroatoms. The predicted octanol–water partition coefficient (Wildman–Crippen LogP) is 3.50. The zero-order chi connectivity index (χ0) is 25.2. The van der Waals surface area contributed by atoms with Crippen LogP contribution in [0.5, 0.6) is 0 Å². The summed E-state index contributed by atoms with van der Waals surface area (Å²) in [5.41, 5.74) is 2.93. The second-order valence-corrected chi connectivity index (χ2v) is 9.44.